The summed E-state index contributed by atoms with van der Waals surface area (Å²) in [5.41, 5.74) is 0. The molecule has 7 heteroatoms. The van der Waals surface area contributed by atoms with Gasteiger partial charge < -0.3 is 0 Å². The summed E-state index contributed by atoms with van der Waals surface area (Å²) in [6.45, 7) is 0. The van der Waals surface area contributed by atoms with E-state index >= 15 is 0 Å². The van der Waals surface area contributed by atoms with Crippen LogP contribution in [0.4, 0.5) is 17.6 Å². The van der Waals surface area contributed by atoms with Gasteiger partial charge in [-0.15, -0.1) is 0 Å². The van der Waals surface area contributed by atoms with Crippen molar-refractivity contribution in [3.63, 3.8) is 0 Å². The van der Waals surface area contributed by atoms with Crippen LogP contribution in [0.15, 0.2) is 0 Å². The Balaban J connectivity index is 3.75. The first-order valence-electron chi connectivity index (χ1n) is 1.54. The Hall–Kier alpha value is 0.819. The fourth-order valence-corrected chi connectivity index (χ4v) is 1.89. The predicted molar refractivity (Wildman–Crippen MR) is 27.4 cm³/mol. The molecule has 0 heterocycles. The molecule has 0 saturated carbocycles. The van der Waals surface area contributed by atoms with Gasteiger partial charge in [-0.3, -0.25) is 0 Å². The van der Waals surface area contributed by atoms with Crippen molar-refractivity contribution in [1.29, 1.82) is 0 Å². The number of alkyl halides is 6. The molecular weight excluding hydrogens is 250 g/mol. The fourth-order valence-electron chi connectivity index (χ4n) is 0.131. The monoisotopic (exact) mass is 250 g/mol. The molecule has 0 nitrogen and oxygen atoms in total. The van der Waals surface area contributed by atoms with Gasteiger partial charge in [0, 0.05) is 0 Å². The van der Waals surface area contributed by atoms with Gasteiger partial charge in [-0.1, -0.05) is 0 Å². The van der Waals surface area contributed by atoms with Crippen LogP contribution in [0, 0.1) is 0 Å². The van der Waals surface area contributed by atoms with Crippen LogP contribution in [0.1, 0.15) is 0 Å². The van der Waals surface area contributed by atoms with Crippen molar-refractivity contribution < 1.29 is 17.6 Å². The first kappa shape index (κ1) is 9.82. The van der Waals surface area contributed by atoms with Crippen molar-refractivity contribution >= 4 is 38.2 Å². The average molecular weight is 250 g/mol. The Kier molecular flexibility index (Phi) is 3.08. The molecule has 0 bridgehead atoms. The van der Waals surface area contributed by atoms with E-state index in [1.54, 1.807) is 0 Å². The second kappa shape index (κ2) is 2.82. The zero-order chi connectivity index (χ0) is 7.71. The van der Waals surface area contributed by atoms with Gasteiger partial charge in [0.15, 0.2) is 0 Å². The molecular formula is C2Cl2F4Se. The minimum atomic E-state index is -3.86. The van der Waals surface area contributed by atoms with Gasteiger partial charge in [0.25, 0.3) is 0 Å². The predicted octanol–water partition coefficient (Wildman–Crippen LogP) is 2.27. The maximum atomic E-state index is 11.4. The third-order valence-corrected chi connectivity index (χ3v) is 2.00. The van der Waals surface area contributed by atoms with E-state index in [0.717, 1.165) is 0 Å². The second-order valence-electron chi connectivity index (χ2n) is 0.994. The first-order valence-corrected chi connectivity index (χ1v) is 4.01. The summed E-state index contributed by atoms with van der Waals surface area (Å²) in [5.74, 6) is 0. The number of rotatable bonds is 2. The van der Waals surface area contributed by atoms with Crippen LogP contribution in [-0.4, -0.2) is 23.5 Å². The van der Waals surface area contributed by atoms with Gasteiger partial charge in [0.05, 0.1) is 0 Å². The molecule has 0 radical (unpaired) electrons. The van der Waals surface area contributed by atoms with Crippen LogP contribution in [0.3, 0.4) is 0 Å². The summed E-state index contributed by atoms with van der Waals surface area (Å²) in [7, 11) is 0. The van der Waals surface area contributed by atoms with Crippen molar-refractivity contribution in [2.75, 3.05) is 0 Å². The van der Waals surface area contributed by atoms with Gasteiger partial charge in [-0.25, -0.2) is 0 Å². The minimum absolute atomic E-state index is 2.39. The zero-order valence-electron chi connectivity index (χ0n) is 3.68. The van der Waals surface area contributed by atoms with E-state index in [1.807, 2.05) is 0 Å². The first-order chi connectivity index (χ1) is 3.71. The molecule has 0 N–H and O–H groups in total. The number of hydrogen-bond donors (Lipinski definition) is 0. The molecule has 0 aromatic rings. The Morgan fingerprint density at radius 1 is 0.889 bits per heavy atom. The zero-order valence-corrected chi connectivity index (χ0v) is 6.90. The Labute approximate surface area is 64.7 Å². The van der Waals surface area contributed by atoms with Gasteiger partial charge in [-0.2, -0.15) is 0 Å². The Morgan fingerprint density at radius 3 is 1.11 bits per heavy atom. The van der Waals surface area contributed by atoms with Gasteiger partial charge in [0.1, 0.15) is 0 Å². The Bertz CT molecular complexity index is 81.7. The maximum absolute atomic E-state index is 11.4. The number of hydrogen-bond acceptors (Lipinski definition) is 0. The van der Waals surface area contributed by atoms with Crippen LogP contribution >= 0.6 is 23.2 Å². The van der Waals surface area contributed by atoms with Crippen molar-refractivity contribution in [3.05, 3.63) is 0 Å². The van der Waals surface area contributed by atoms with E-state index in [4.69, 9.17) is 0 Å². The molecule has 0 fully saturated rings. The normalized spacial score (nSPS) is 14.0. The molecule has 0 amide bonds. The molecule has 0 saturated heterocycles. The van der Waals surface area contributed by atoms with Gasteiger partial charge in [0.2, 0.25) is 0 Å². The molecule has 9 heavy (non-hydrogen) atoms. The van der Waals surface area contributed by atoms with Crippen LogP contribution in [-0.2, 0) is 0 Å². The van der Waals surface area contributed by atoms with E-state index in [9.17, 15) is 17.6 Å². The molecule has 0 aliphatic carbocycles. The third-order valence-electron chi connectivity index (χ3n) is 0.231. The topological polar surface area (TPSA) is 0 Å². The quantitative estimate of drug-likeness (QED) is 0.400. The van der Waals surface area contributed by atoms with Crippen LogP contribution in [0.2, 0.25) is 0 Å². The summed E-state index contributed by atoms with van der Waals surface area (Å²) >= 11 is 5.91. The summed E-state index contributed by atoms with van der Waals surface area (Å²) in [6, 6.07) is 0. The number of halogens is 6. The molecule has 0 aliphatic rings. The SMILES string of the molecule is FC(F)(Cl)[Se]C(F)(F)Cl. The molecule has 0 aliphatic heterocycles. The molecule has 0 spiro atoms. The molecule has 0 atom stereocenters. The summed E-state index contributed by atoms with van der Waals surface area (Å²) in [5, 5.41) is 0. The van der Waals surface area contributed by atoms with Gasteiger partial charge in [-0.05, 0) is 0 Å². The van der Waals surface area contributed by atoms with Crippen LogP contribution in [0.5, 0.6) is 0 Å². The van der Waals surface area contributed by atoms with Crippen molar-refractivity contribution in [1.82, 2.24) is 0 Å². The van der Waals surface area contributed by atoms with E-state index in [-0.39, 0.29) is 0 Å². The second-order valence-corrected chi connectivity index (χ2v) is 5.54. The van der Waals surface area contributed by atoms with Gasteiger partial charge >= 0.3 is 64.3 Å². The molecule has 0 aromatic heterocycles. The molecule has 0 unspecified atom stereocenters. The standard InChI is InChI=1S/C2Cl2F4Se/c3-1(5,6)9-2(4,7)8. The Morgan fingerprint density at radius 2 is 1.11 bits per heavy atom. The molecule has 0 rings (SSSR count). The summed E-state index contributed by atoms with van der Waals surface area (Å²) in [4.78, 5) is 0. The molecule has 0 aromatic carbocycles. The summed E-state index contributed by atoms with van der Waals surface area (Å²) < 4.78 is 38.1. The van der Waals surface area contributed by atoms with Crippen molar-refractivity contribution in [2.24, 2.45) is 0 Å². The van der Waals surface area contributed by atoms with E-state index in [0.29, 0.717) is 0 Å². The average Bonchev–Trinajstić information content (AvgIpc) is 1.14. The van der Waals surface area contributed by atoms with Crippen molar-refractivity contribution in [2.45, 2.75) is 8.56 Å². The van der Waals surface area contributed by atoms with Crippen molar-refractivity contribution in [3.8, 4) is 0 Å². The van der Waals surface area contributed by atoms with E-state index in [2.05, 4.69) is 23.2 Å². The van der Waals surface area contributed by atoms with Crippen LogP contribution < -0.4 is 0 Å². The fraction of sp³-hybridized carbons (Fsp3) is 1.00. The third kappa shape index (κ3) is 8.82. The van der Waals surface area contributed by atoms with E-state index in [1.165, 1.54) is 0 Å². The molecule has 56 valence electrons. The van der Waals surface area contributed by atoms with Crippen LogP contribution in [0.25, 0.3) is 0 Å². The summed E-state index contributed by atoms with van der Waals surface area (Å²) in [6.07, 6.45) is 0. The van der Waals surface area contributed by atoms with E-state index < -0.39 is 23.5 Å².